The van der Waals surface area contributed by atoms with E-state index in [0.717, 1.165) is 24.1 Å². The molecule has 1 heterocycles. The van der Waals surface area contributed by atoms with Gasteiger partial charge in [0.05, 0.1) is 11.4 Å². The second kappa shape index (κ2) is 5.00. The lowest BCUT2D eigenvalue weighted by atomic mass is 10.1. The van der Waals surface area contributed by atoms with Crippen molar-refractivity contribution in [2.24, 2.45) is 0 Å². The molecular weight excluding hydrogens is 252 g/mol. The fourth-order valence-electron chi connectivity index (χ4n) is 2.31. The summed E-state index contributed by atoms with van der Waals surface area (Å²) in [4.78, 5) is 12.1. The first-order chi connectivity index (χ1) is 9.65. The zero-order valence-corrected chi connectivity index (χ0v) is 11.4. The van der Waals surface area contributed by atoms with Crippen LogP contribution in [0.25, 0.3) is 0 Å². The molecule has 1 aromatic carbocycles. The SMILES string of the molecule is Cc1cccc(CNC(=O)c2n[nH]c(C3CC3)c2N)c1. The Hall–Kier alpha value is -2.30. The van der Waals surface area contributed by atoms with Crippen molar-refractivity contribution in [1.82, 2.24) is 15.5 Å². The lowest BCUT2D eigenvalue weighted by Gasteiger charge is -2.05. The number of rotatable bonds is 4. The number of nitrogens with two attached hydrogens (primary N) is 1. The third kappa shape index (κ3) is 2.52. The number of hydrogen-bond acceptors (Lipinski definition) is 3. The number of aromatic amines is 1. The number of aromatic nitrogens is 2. The standard InChI is InChI=1S/C15H18N4O/c1-9-3-2-4-10(7-9)8-17-15(20)14-12(16)13(18-19-14)11-5-6-11/h2-4,7,11H,5-6,8,16H2,1H3,(H,17,20)(H,18,19). The molecule has 5 heteroatoms. The number of amides is 1. The van der Waals surface area contributed by atoms with Gasteiger partial charge in [0.15, 0.2) is 5.69 Å². The highest BCUT2D eigenvalue weighted by Crippen LogP contribution is 2.42. The monoisotopic (exact) mass is 270 g/mol. The van der Waals surface area contributed by atoms with Crippen molar-refractivity contribution < 1.29 is 4.79 Å². The van der Waals surface area contributed by atoms with E-state index in [0.29, 0.717) is 23.8 Å². The minimum Gasteiger partial charge on any atom is -0.395 e. The van der Waals surface area contributed by atoms with Crippen LogP contribution in [0.5, 0.6) is 0 Å². The van der Waals surface area contributed by atoms with Crippen LogP contribution >= 0.6 is 0 Å². The van der Waals surface area contributed by atoms with Crippen molar-refractivity contribution in [2.45, 2.75) is 32.2 Å². The lowest BCUT2D eigenvalue weighted by molar-refractivity contribution is 0.0947. The maximum atomic E-state index is 12.1. The van der Waals surface area contributed by atoms with Gasteiger partial charge in [0, 0.05) is 12.5 Å². The van der Waals surface area contributed by atoms with Gasteiger partial charge in [-0.05, 0) is 25.3 Å². The molecule has 4 N–H and O–H groups in total. The van der Waals surface area contributed by atoms with Crippen LogP contribution in [-0.4, -0.2) is 16.1 Å². The largest absolute Gasteiger partial charge is 0.395 e. The summed E-state index contributed by atoms with van der Waals surface area (Å²) in [5.41, 5.74) is 9.93. The third-order valence-electron chi connectivity index (χ3n) is 3.57. The van der Waals surface area contributed by atoms with Gasteiger partial charge >= 0.3 is 0 Å². The molecule has 1 aliphatic rings. The molecule has 0 atom stereocenters. The Morgan fingerprint density at radius 3 is 3.00 bits per heavy atom. The van der Waals surface area contributed by atoms with E-state index in [1.165, 1.54) is 5.56 Å². The summed E-state index contributed by atoms with van der Waals surface area (Å²) in [5.74, 6) is 0.230. The zero-order valence-electron chi connectivity index (χ0n) is 11.4. The maximum absolute atomic E-state index is 12.1. The van der Waals surface area contributed by atoms with Gasteiger partial charge in [-0.25, -0.2) is 0 Å². The summed E-state index contributed by atoms with van der Waals surface area (Å²) < 4.78 is 0. The van der Waals surface area contributed by atoms with Crippen molar-refractivity contribution in [3.63, 3.8) is 0 Å². The van der Waals surface area contributed by atoms with Crippen molar-refractivity contribution in [3.8, 4) is 0 Å². The second-order valence-electron chi connectivity index (χ2n) is 5.35. The van der Waals surface area contributed by atoms with E-state index in [4.69, 9.17) is 5.73 Å². The minimum atomic E-state index is -0.229. The van der Waals surface area contributed by atoms with E-state index in [1.54, 1.807) is 0 Å². The summed E-state index contributed by atoms with van der Waals surface area (Å²) in [5, 5.41) is 9.79. The minimum absolute atomic E-state index is 0.229. The molecule has 0 unspecified atom stereocenters. The van der Waals surface area contributed by atoms with E-state index >= 15 is 0 Å². The van der Waals surface area contributed by atoms with Crippen LogP contribution in [0, 0.1) is 6.92 Å². The average Bonchev–Trinajstić information content (AvgIpc) is 3.19. The van der Waals surface area contributed by atoms with Gasteiger partial charge in [-0.15, -0.1) is 0 Å². The Morgan fingerprint density at radius 2 is 2.30 bits per heavy atom. The quantitative estimate of drug-likeness (QED) is 0.795. The van der Waals surface area contributed by atoms with E-state index in [1.807, 2.05) is 31.2 Å². The maximum Gasteiger partial charge on any atom is 0.274 e. The number of anilines is 1. The number of aryl methyl sites for hydroxylation is 1. The summed E-state index contributed by atoms with van der Waals surface area (Å²) in [6.45, 7) is 2.50. The molecule has 0 radical (unpaired) electrons. The summed E-state index contributed by atoms with van der Waals surface area (Å²) in [7, 11) is 0. The zero-order chi connectivity index (χ0) is 14.1. The third-order valence-corrected chi connectivity index (χ3v) is 3.57. The van der Waals surface area contributed by atoms with Gasteiger partial charge in [0.25, 0.3) is 5.91 Å². The summed E-state index contributed by atoms with van der Waals surface area (Å²) in [6, 6.07) is 8.03. The van der Waals surface area contributed by atoms with Crippen molar-refractivity contribution in [2.75, 3.05) is 5.73 Å². The molecular formula is C15H18N4O. The first-order valence-corrected chi connectivity index (χ1v) is 6.82. The van der Waals surface area contributed by atoms with Crippen LogP contribution in [0.3, 0.4) is 0 Å². The average molecular weight is 270 g/mol. The van der Waals surface area contributed by atoms with Gasteiger partial charge in [0.2, 0.25) is 0 Å². The van der Waals surface area contributed by atoms with Gasteiger partial charge in [0.1, 0.15) is 0 Å². The number of nitrogens with one attached hydrogen (secondary N) is 2. The lowest BCUT2D eigenvalue weighted by Crippen LogP contribution is -2.24. The molecule has 1 aliphatic carbocycles. The van der Waals surface area contributed by atoms with E-state index in [2.05, 4.69) is 15.5 Å². The molecule has 3 rings (SSSR count). The molecule has 5 nitrogen and oxygen atoms in total. The molecule has 20 heavy (non-hydrogen) atoms. The molecule has 0 spiro atoms. The summed E-state index contributed by atoms with van der Waals surface area (Å²) in [6.07, 6.45) is 2.24. The number of benzene rings is 1. The number of nitrogen functional groups attached to an aromatic ring is 1. The second-order valence-corrected chi connectivity index (χ2v) is 5.35. The number of hydrogen-bond donors (Lipinski definition) is 3. The molecule has 1 fully saturated rings. The smallest absolute Gasteiger partial charge is 0.274 e. The van der Waals surface area contributed by atoms with Gasteiger partial charge in [-0.2, -0.15) is 5.10 Å². The molecule has 0 bridgehead atoms. The van der Waals surface area contributed by atoms with Crippen LogP contribution in [0.2, 0.25) is 0 Å². The molecule has 104 valence electrons. The number of H-pyrrole nitrogens is 1. The Kier molecular flexibility index (Phi) is 3.18. The Balaban J connectivity index is 1.67. The van der Waals surface area contributed by atoms with Gasteiger partial charge in [-0.3, -0.25) is 9.89 Å². The number of carbonyl (C=O) groups is 1. The van der Waals surface area contributed by atoms with Crippen molar-refractivity contribution >= 4 is 11.6 Å². The highest BCUT2D eigenvalue weighted by Gasteiger charge is 2.30. The highest BCUT2D eigenvalue weighted by molar-refractivity contribution is 5.97. The van der Waals surface area contributed by atoms with E-state index < -0.39 is 0 Å². The van der Waals surface area contributed by atoms with E-state index in [-0.39, 0.29) is 5.91 Å². The molecule has 1 aromatic heterocycles. The van der Waals surface area contributed by atoms with Crippen LogP contribution in [0.4, 0.5) is 5.69 Å². The molecule has 0 aliphatic heterocycles. The van der Waals surface area contributed by atoms with Crippen molar-refractivity contribution in [3.05, 3.63) is 46.8 Å². The Labute approximate surface area is 117 Å². The summed E-state index contributed by atoms with van der Waals surface area (Å²) >= 11 is 0. The van der Waals surface area contributed by atoms with E-state index in [9.17, 15) is 4.79 Å². The first-order valence-electron chi connectivity index (χ1n) is 6.82. The Bertz CT molecular complexity index is 643. The fraction of sp³-hybridized carbons (Fsp3) is 0.333. The van der Waals surface area contributed by atoms with Gasteiger partial charge < -0.3 is 11.1 Å². The van der Waals surface area contributed by atoms with Crippen LogP contribution < -0.4 is 11.1 Å². The predicted molar refractivity (Wildman–Crippen MR) is 77.3 cm³/mol. The molecule has 0 saturated heterocycles. The topological polar surface area (TPSA) is 83.8 Å². The fourth-order valence-corrected chi connectivity index (χ4v) is 2.31. The van der Waals surface area contributed by atoms with Gasteiger partial charge in [-0.1, -0.05) is 29.8 Å². The van der Waals surface area contributed by atoms with Crippen LogP contribution in [0.1, 0.15) is 46.1 Å². The van der Waals surface area contributed by atoms with Crippen molar-refractivity contribution in [1.29, 1.82) is 0 Å². The first kappa shape index (κ1) is 12.7. The number of nitrogens with zero attached hydrogens (tertiary/aromatic N) is 1. The van der Waals surface area contributed by atoms with Crippen LogP contribution in [-0.2, 0) is 6.54 Å². The molecule has 1 saturated carbocycles. The van der Waals surface area contributed by atoms with Crippen LogP contribution in [0.15, 0.2) is 24.3 Å². The highest BCUT2D eigenvalue weighted by atomic mass is 16.1. The Morgan fingerprint density at radius 1 is 1.50 bits per heavy atom. The number of carbonyl (C=O) groups excluding carboxylic acids is 1. The molecule has 1 amide bonds. The normalized spacial score (nSPS) is 14.2. The predicted octanol–water partition coefficient (Wildman–Crippen LogP) is 2.11. The molecule has 2 aromatic rings.